The van der Waals surface area contributed by atoms with Gasteiger partial charge in [-0.2, -0.15) is 5.10 Å². The van der Waals surface area contributed by atoms with Crippen LogP contribution < -0.4 is 5.32 Å². The maximum absolute atomic E-state index is 13.1. The molecule has 92 valence electrons. The highest BCUT2D eigenvalue weighted by Crippen LogP contribution is 2.31. The minimum Gasteiger partial charge on any atom is -0.477 e. The van der Waals surface area contributed by atoms with Crippen LogP contribution in [0.4, 0.5) is 10.2 Å². The monoisotopic (exact) mass is 247 g/mol. The van der Waals surface area contributed by atoms with Crippen molar-refractivity contribution < 1.29 is 14.3 Å². The Kier molecular flexibility index (Phi) is 2.29. The van der Waals surface area contributed by atoms with E-state index < -0.39 is 5.97 Å². The Bertz CT molecular complexity index is 624. The molecule has 1 atom stereocenters. The fourth-order valence-electron chi connectivity index (χ4n) is 2.13. The molecule has 6 heteroatoms. The molecular weight excluding hydrogens is 237 g/mol. The Hall–Kier alpha value is -2.37. The van der Waals surface area contributed by atoms with Crippen LogP contribution >= 0.6 is 0 Å². The first-order valence-electron chi connectivity index (χ1n) is 5.46. The lowest BCUT2D eigenvalue weighted by atomic mass is 10.1. The fourth-order valence-corrected chi connectivity index (χ4v) is 2.13. The molecule has 0 saturated heterocycles. The Morgan fingerprint density at radius 2 is 2.39 bits per heavy atom. The first kappa shape index (κ1) is 10.8. The third-order valence-electron chi connectivity index (χ3n) is 2.99. The van der Waals surface area contributed by atoms with Crippen molar-refractivity contribution in [3.63, 3.8) is 0 Å². The molecule has 0 saturated carbocycles. The highest BCUT2D eigenvalue weighted by Gasteiger charge is 2.27. The highest BCUT2D eigenvalue weighted by atomic mass is 19.1. The molecule has 1 aliphatic heterocycles. The molecule has 0 amide bonds. The van der Waals surface area contributed by atoms with Crippen LogP contribution in [-0.4, -0.2) is 20.9 Å². The van der Waals surface area contributed by atoms with E-state index in [1.165, 1.54) is 18.3 Å². The predicted molar refractivity (Wildman–Crippen MR) is 62.0 cm³/mol. The van der Waals surface area contributed by atoms with Crippen molar-refractivity contribution in [2.45, 2.75) is 12.6 Å². The Balaban J connectivity index is 1.91. The van der Waals surface area contributed by atoms with E-state index in [-0.39, 0.29) is 17.4 Å². The van der Waals surface area contributed by atoms with E-state index in [2.05, 4.69) is 10.4 Å². The van der Waals surface area contributed by atoms with Gasteiger partial charge in [0.15, 0.2) is 0 Å². The fraction of sp³-hybridized carbons (Fsp3) is 0.167. The van der Waals surface area contributed by atoms with Gasteiger partial charge < -0.3 is 10.4 Å². The second-order valence-corrected chi connectivity index (χ2v) is 4.15. The van der Waals surface area contributed by atoms with Crippen LogP contribution in [0.15, 0.2) is 30.5 Å². The summed E-state index contributed by atoms with van der Waals surface area (Å²) >= 11 is 0. The molecule has 0 radical (unpaired) electrons. The number of rotatable bonds is 2. The van der Waals surface area contributed by atoms with Crippen molar-refractivity contribution in [3.05, 3.63) is 47.4 Å². The van der Waals surface area contributed by atoms with Gasteiger partial charge in [-0.1, -0.05) is 12.1 Å². The number of aromatic nitrogens is 2. The first-order chi connectivity index (χ1) is 8.65. The van der Waals surface area contributed by atoms with E-state index in [0.29, 0.717) is 12.4 Å². The molecule has 2 aromatic rings. The van der Waals surface area contributed by atoms with Crippen molar-refractivity contribution >= 4 is 11.8 Å². The van der Waals surface area contributed by atoms with Crippen molar-refractivity contribution in [1.29, 1.82) is 0 Å². The molecule has 2 N–H and O–H groups in total. The quantitative estimate of drug-likeness (QED) is 0.850. The summed E-state index contributed by atoms with van der Waals surface area (Å²) in [4.78, 5) is 11.0. The molecule has 1 aliphatic rings. The van der Waals surface area contributed by atoms with Gasteiger partial charge in [0.2, 0.25) is 0 Å². The molecule has 0 spiro atoms. The Morgan fingerprint density at radius 3 is 3.11 bits per heavy atom. The van der Waals surface area contributed by atoms with Crippen molar-refractivity contribution in [3.8, 4) is 0 Å². The average Bonchev–Trinajstić information content (AvgIpc) is 2.87. The molecule has 2 heterocycles. The third-order valence-corrected chi connectivity index (χ3v) is 2.99. The van der Waals surface area contributed by atoms with Gasteiger partial charge in [-0.3, -0.25) is 0 Å². The minimum atomic E-state index is -1.02. The van der Waals surface area contributed by atoms with Gasteiger partial charge in [-0.05, 0) is 17.7 Å². The summed E-state index contributed by atoms with van der Waals surface area (Å²) in [5.74, 6) is -0.863. The summed E-state index contributed by atoms with van der Waals surface area (Å²) in [7, 11) is 0. The molecule has 5 nitrogen and oxygen atoms in total. The largest absolute Gasteiger partial charge is 0.477 e. The summed E-state index contributed by atoms with van der Waals surface area (Å²) in [6.45, 7) is 0.492. The van der Waals surface area contributed by atoms with Crippen LogP contribution in [0.5, 0.6) is 0 Å². The predicted octanol–water partition coefficient (Wildman–Crippen LogP) is 1.89. The van der Waals surface area contributed by atoms with Crippen molar-refractivity contribution in [1.82, 2.24) is 9.78 Å². The Morgan fingerprint density at radius 1 is 1.56 bits per heavy atom. The van der Waals surface area contributed by atoms with Gasteiger partial charge in [0.05, 0.1) is 18.8 Å². The third kappa shape index (κ3) is 1.62. The van der Waals surface area contributed by atoms with Crippen LogP contribution in [0.1, 0.15) is 22.0 Å². The number of fused-ring (bicyclic) bond motifs is 1. The zero-order valence-electron chi connectivity index (χ0n) is 9.30. The number of hydrogen-bond acceptors (Lipinski definition) is 3. The highest BCUT2D eigenvalue weighted by molar-refractivity contribution is 5.93. The van der Waals surface area contributed by atoms with Gasteiger partial charge in [0, 0.05) is 0 Å². The summed E-state index contributed by atoms with van der Waals surface area (Å²) in [6, 6.07) is 6.09. The molecule has 0 bridgehead atoms. The van der Waals surface area contributed by atoms with Gasteiger partial charge in [0.25, 0.3) is 0 Å². The molecule has 1 unspecified atom stereocenters. The number of nitrogens with zero attached hydrogens (tertiary/aromatic N) is 2. The number of benzene rings is 1. The van der Waals surface area contributed by atoms with E-state index in [1.54, 1.807) is 16.8 Å². The molecular formula is C12H10FN3O2. The van der Waals surface area contributed by atoms with Crippen LogP contribution in [-0.2, 0) is 6.54 Å². The second-order valence-electron chi connectivity index (χ2n) is 4.15. The van der Waals surface area contributed by atoms with E-state index >= 15 is 0 Å². The summed E-state index contributed by atoms with van der Waals surface area (Å²) in [5, 5.41) is 16.0. The minimum absolute atomic E-state index is 0.133. The number of nitrogens with one attached hydrogen (secondary N) is 1. The van der Waals surface area contributed by atoms with Crippen molar-refractivity contribution in [2.24, 2.45) is 0 Å². The van der Waals surface area contributed by atoms with Crippen LogP contribution in [0.2, 0.25) is 0 Å². The molecule has 18 heavy (non-hydrogen) atoms. The summed E-state index contributed by atoms with van der Waals surface area (Å²) in [6.07, 6.45) is 1.31. The SMILES string of the molecule is O=C(O)c1cnn2c1NC(c1cccc(F)c1)C2. The van der Waals surface area contributed by atoms with Gasteiger partial charge in [-0.15, -0.1) is 0 Å². The second kappa shape index (κ2) is 3.83. The maximum Gasteiger partial charge on any atom is 0.341 e. The van der Waals surface area contributed by atoms with Crippen molar-refractivity contribution in [2.75, 3.05) is 5.32 Å². The lowest BCUT2D eigenvalue weighted by Gasteiger charge is -2.10. The topological polar surface area (TPSA) is 67.1 Å². The maximum atomic E-state index is 13.1. The zero-order valence-corrected chi connectivity index (χ0v) is 9.30. The number of aromatic carboxylic acids is 1. The zero-order chi connectivity index (χ0) is 12.7. The molecule has 0 aliphatic carbocycles. The molecule has 3 rings (SSSR count). The number of halogens is 1. The van der Waals surface area contributed by atoms with E-state index in [4.69, 9.17) is 5.11 Å². The summed E-state index contributed by atoms with van der Waals surface area (Å²) in [5.41, 5.74) is 0.908. The van der Waals surface area contributed by atoms with E-state index in [0.717, 1.165) is 5.56 Å². The van der Waals surface area contributed by atoms with Crippen LogP contribution in [0.25, 0.3) is 0 Å². The summed E-state index contributed by atoms with van der Waals surface area (Å²) < 4.78 is 14.7. The molecule has 0 fully saturated rings. The van der Waals surface area contributed by atoms with Crippen LogP contribution in [0, 0.1) is 5.82 Å². The number of hydrogen-bond donors (Lipinski definition) is 2. The lowest BCUT2D eigenvalue weighted by molar-refractivity contribution is 0.0698. The first-order valence-corrected chi connectivity index (χ1v) is 5.46. The van der Waals surface area contributed by atoms with Gasteiger partial charge in [0.1, 0.15) is 17.2 Å². The average molecular weight is 247 g/mol. The smallest absolute Gasteiger partial charge is 0.341 e. The van der Waals surface area contributed by atoms with Gasteiger partial charge >= 0.3 is 5.97 Å². The normalized spacial score (nSPS) is 17.3. The van der Waals surface area contributed by atoms with E-state index in [9.17, 15) is 9.18 Å². The lowest BCUT2D eigenvalue weighted by Crippen LogP contribution is -2.09. The number of anilines is 1. The molecule has 1 aromatic heterocycles. The van der Waals surface area contributed by atoms with Crippen LogP contribution in [0.3, 0.4) is 0 Å². The molecule has 1 aromatic carbocycles. The number of carbonyl (C=O) groups is 1. The Labute approximate surface area is 102 Å². The number of carboxylic acids is 1. The van der Waals surface area contributed by atoms with E-state index in [1.807, 2.05) is 0 Å². The standard InChI is InChI=1S/C12H10FN3O2/c13-8-3-1-2-7(4-8)10-6-16-11(15-10)9(5-14-16)12(17)18/h1-5,10,15H,6H2,(H,17,18). The van der Waals surface area contributed by atoms with Gasteiger partial charge in [-0.25, -0.2) is 13.9 Å². The number of carboxylic acid groups (broad SMARTS) is 1.